The highest BCUT2D eigenvalue weighted by molar-refractivity contribution is 7.91. The van der Waals surface area contributed by atoms with Crippen LogP contribution in [0.3, 0.4) is 0 Å². The van der Waals surface area contributed by atoms with Crippen molar-refractivity contribution >= 4 is 21.7 Å². The SMILES string of the molecule is CNNC(=O)[C@](C)(CCCC(C)(C)CS(=O)(=O)CCO)c1cccc(C[C@@H](O)COC(C)=O)c1. The standard InChI is InChI=1S/C24H40N2O7S/c1-18(28)33-16-21(29)15-19-8-6-9-20(14-19)24(4,22(30)26-25-5)11-7-10-23(2,3)17-34(31,32)13-12-27/h6,8-9,14,21,25,27,29H,7,10-13,15-17H2,1-5H3,(H,26,30)/t21-,24-/m1/s1. The second-order valence-corrected chi connectivity index (χ2v) is 11.9. The summed E-state index contributed by atoms with van der Waals surface area (Å²) < 4.78 is 29.2. The highest BCUT2D eigenvalue weighted by Gasteiger charge is 2.36. The molecule has 9 nitrogen and oxygen atoms in total. The van der Waals surface area contributed by atoms with Gasteiger partial charge in [-0.05, 0) is 36.3 Å². The molecule has 0 spiro atoms. The zero-order valence-corrected chi connectivity index (χ0v) is 21.7. The van der Waals surface area contributed by atoms with Crippen molar-refractivity contribution in [3.63, 3.8) is 0 Å². The fraction of sp³-hybridized carbons (Fsp3) is 0.667. The Bertz CT molecular complexity index is 918. The van der Waals surface area contributed by atoms with E-state index in [9.17, 15) is 23.1 Å². The van der Waals surface area contributed by atoms with Crippen LogP contribution in [0.25, 0.3) is 0 Å². The number of hydrogen-bond acceptors (Lipinski definition) is 8. The van der Waals surface area contributed by atoms with E-state index in [1.165, 1.54) is 6.92 Å². The highest BCUT2D eigenvalue weighted by Crippen LogP contribution is 2.34. The summed E-state index contributed by atoms with van der Waals surface area (Å²) >= 11 is 0. The molecule has 0 fully saturated rings. The van der Waals surface area contributed by atoms with Crippen molar-refractivity contribution in [3.8, 4) is 0 Å². The number of aliphatic hydroxyl groups is 2. The summed E-state index contributed by atoms with van der Waals surface area (Å²) in [6.07, 6.45) is 1.07. The van der Waals surface area contributed by atoms with E-state index in [0.29, 0.717) is 19.3 Å². The molecule has 0 saturated carbocycles. The van der Waals surface area contributed by atoms with Gasteiger partial charge in [-0.2, -0.15) is 0 Å². The molecule has 2 atom stereocenters. The van der Waals surface area contributed by atoms with Gasteiger partial charge < -0.3 is 14.9 Å². The Balaban J connectivity index is 3.01. The predicted molar refractivity (Wildman–Crippen MR) is 131 cm³/mol. The number of aliphatic hydroxyl groups excluding tert-OH is 2. The first-order chi connectivity index (χ1) is 15.7. The molecule has 1 rings (SSSR count). The Morgan fingerprint density at radius 3 is 2.44 bits per heavy atom. The minimum atomic E-state index is -3.35. The lowest BCUT2D eigenvalue weighted by molar-refractivity contribution is -0.143. The van der Waals surface area contributed by atoms with Gasteiger partial charge in [0.1, 0.15) is 6.61 Å². The van der Waals surface area contributed by atoms with Crippen molar-refractivity contribution in [1.82, 2.24) is 10.9 Å². The maximum atomic E-state index is 13.0. The molecule has 1 aromatic rings. The summed E-state index contributed by atoms with van der Waals surface area (Å²) in [5.41, 5.74) is 5.50. The van der Waals surface area contributed by atoms with Crippen LogP contribution < -0.4 is 10.9 Å². The van der Waals surface area contributed by atoms with Gasteiger partial charge in [0.2, 0.25) is 5.91 Å². The van der Waals surface area contributed by atoms with Gasteiger partial charge >= 0.3 is 5.97 Å². The van der Waals surface area contributed by atoms with Crippen molar-refractivity contribution in [2.45, 2.75) is 64.9 Å². The van der Waals surface area contributed by atoms with Crippen molar-refractivity contribution in [3.05, 3.63) is 35.4 Å². The fourth-order valence-electron chi connectivity index (χ4n) is 4.03. The number of ether oxygens (including phenoxy) is 1. The van der Waals surface area contributed by atoms with Gasteiger partial charge in [0.15, 0.2) is 9.84 Å². The van der Waals surface area contributed by atoms with E-state index >= 15 is 0 Å². The molecular weight excluding hydrogens is 460 g/mol. The molecule has 34 heavy (non-hydrogen) atoms. The molecule has 0 bridgehead atoms. The number of carbonyl (C=O) groups is 2. The monoisotopic (exact) mass is 500 g/mol. The average Bonchev–Trinajstić information content (AvgIpc) is 2.71. The van der Waals surface area contributed by atoms with E-state index in [1.807, 2.05) is 45.0 Å². The Hall–Kier alpha value is -2.01. The van der Waals surface area contributed by atoms with Crippen LogP contribution >= 0.6 is 0 Å². The number of rotatable bonds is 15. The Labute approximate surface area is 203 Å². The van der Waals surface area contributed by atoms with Gasteiger partial charge in [-0.25, -0.2) is 13.8 Å². The molecule has 194 valence electrons. The van der Waals surface area contributed by atoms with Crippen LogP contribution in [0.15, 0.2) is 24.3 Å². The maximum absolute atomic E-state index is 13.0. The second-order valence-electron chi connectivity index (χ2n) is 9.73. The predicted octanol–water partition coefficient (Wildman–Crippen LogP) is 1.27. The Morgan fingerprint density at radius 2 is 1.85 bits per heavy atom. The third kappa shape index (κ3) is 10.1. The number of benzene rings is 1. The normalized spacial score (nSPS) is 14.8. The largest absolute Gasteiger partial charge is 0.463 e. The van der Waals surface area contributed by atoms with Crippen LogP contribution in [0.4, 0.5) is 0 Å². The number of carbonyl (C=O) groups excluding carboxylic acids is 2. The number of hydrazine groups is 1. The summed E-state index contributed by atoms with van der Waals surface area (Å²) in [5.74, 6) is -0.973. The number of nitrogens with one attached hydrogen (secondary N) is 2. The fourth-order valence-corrected chi connectivity index (χ4v) is 5.78. The van der Waals surface area contributed by atoms with E-state index < -0.39 is 39.3 Å². The van der Waals surface area contributed by atoms with Crippen LogP contribution in [-0.2, 0) is 36.0 Å². The van der Waals surface area contributed by atoms with Crippen LogP contribution in [0.1, 0.15) is 58.1 Å². The quantitative estimate of drug-likeness (QED) is 0.208. The summed E-state index contributed by atoms with van der Waals surface area (Å²) in [4.78, 5) is 24.0. The lowest BCUT2D eigenvalue weighted by atomic mass is 9.75. The molecule has 0 heterocycles. The van der Waals surface area contributed by atoms with E-state index in [4.69, 9.17) is 9.84 Å². The minimum absolute atomic E-state index is 0.0320. The molecule has 0 aliphatic heterocycles. The summed E-state index contributed by atoms with van der Waals surface area (Å²) in [6.45, 7) is 6.36. The first-order valence-electron chi connectivity index (χ1n) is 11.4. The summed E-state index contributed by atoms with van der Waals surface area (Å²) in [7, 11) is -1.75. The molecule has 1 aromatic carbocycles. The van der Waals surface area contributed by atoms with Gasteiger partial charge in [0.05, 0.1) is 29.6 Å². The average molecular weight is 501 g/mol. The lowest BCUT2D eigenvalue weighted by Crippen LogP contribution is -2.47. The molecule has 0 aliphatic rings. The highest BCUT2D eigenvalue weighted by atomic mass is 32.2. The van der Waals surface area contributed by atoms with Gasteiger partial charge in [0, 0.05) is 20.4 Å². The molecule has 0 unspecified atom stereocenters. The molecular formula is C24H40N2O7S. The molecule has 4 N–H and O–H groups in total. The van der Waals surface area contributed by atoms with Gasteiger partial charge in [-0.3, -0.25) is 15.0 Å². The van der Waals surface area contributed by atoms with Crippen LogP contribution in [0, 0.1) is 5.41 Å². The molecule has 10 heteroatoms. The molecule has 0 saturated heterocycles. The Morgan fingerprint density at radius 1 is 1.18 bits per heavy atom. The van der Waals surface area contributed by atoms with Crippen molar-refractivity contribution < 1.29 is 33.0 Å². The van der Waals surface area contributed by atoms with Crippen LogP contribution in [0.2, 0.25) is 0 Å². The second kappa shape index (κ2) is 13.2. The lowest BCUT2D eigenvalue weighted by Gasteiger charge is -2.31. The number of hydrogen-bond donors (Lipinski definition) is 4. The van der Waals surface area contributed by atoms with E-state index in [-0.39, 0.29) is 30.4 Å². The smallest absolute Gasteiger partial charge is 0.302 e. The summed E-state index contributed by atoms with van der Waals surface area (Å²) in [5, 5.41) is 19.2. The maximum Gasteiger partial charge on any atom is 0.302 e. The number of esters is 1. The van der Waals surface area contributed by atoms with Crippen molar-refractivity contribution in [1.29, 1.82) is 0 Å². The van der Waals surface area contributed by atoms with Crippen molar-refractivity contribution in [2.75, 3.05) is 31.8 Å². The number of sulfone groups is 1. The van der Waals surface area contributed by atoms with Crippen molar-refractivity contribution in [2.24, 2.45) is 5.41 Å². The zero-order chi connectivity index (χ0) is 26.0. The van der Waals surface area contributed by atoms with Crippen LogP contribution in [0.5, 0.6) is 0 Å². The van der Waals surface area contributed by atoms with Gasteiger partial charge in [-0.15, -0.1) is 0 Å². The molecule has 0 aromatic heterocycles. The summed E-state index contributed by atoms with van der Waals surface area (Å²) in [6, 6.07) is 7.38. The molecule has 1 amide bonds. The van der Waals surface area contributed by atoms with E-state index in [1.54, 1.807) is 7.05 Å². The van der Waals surface area contributed by atoms with Gasteiger partial charge in [-0.1, -0.05) is 44.5 Å². The van der Waals surface area contributed by atoms with E-state index in [0.717, 1.165) is 11.1 Å². The first-order valence-corrected chi connectivity index (χ1v) is 13.3. The topological polar surface area (TPSA) is 142 Å². The third-order valence-electron chi connectivity index (χ3n) is 5.80. The Kier molecular flexibility index (Phi) is 11.6. The number of amides is 1. The van der Waals surface area contributed by atoms with E-state index in [2.05, 4.69) is 10.9 Å². The molecule has 0 radical (unpaired) electrons. The molecule has 0 aliphatic carbocycles. The van der Waals surface area contributed by atoms with Crippen LogP contribution in [-0.4, -0.2) is 68.4 Å². The minimum Gasteiger partial charge on any atom is -0.463 e. The third-order valence-corrected chi connectivity index (χ3v) is 7.82. The zero-order valence-electron chi connectivity index (χ0n) is 20.9. The first kappa shape index (κ1) is 30.0. The van der Waals surface area contributed by atoms with Gasteiger partial charge in [0.25, 0.3) is 0 Å².